The van der Waals surface area contributed by atoms with Crippen molar-refractivity contribution in [2.75, 3.05) is 6.54 Å². The zero-order valence-electron chi connectivity index (χ0n) is 19.1. The first-order valence-electron chi connectivity index (χ1n) is 12.4. The molecule has 0 spiro atoms. The predicted octanol–water partition coefficient (Wildman–Crippen LogP) is 8.19. The number of rotatable bonds is 21. The second-order valence-corrected chi connectivity index (χ2v) is 8.94. The van der Waals surface area contributed by atoms with Crippen LogP contribution < -0.4 is 5.32 Å². The molecular weight excluding hydrogens is 330 g/mol. The van der Waals surface area contributed by atoms with Gasteiger partial charge < -0.3 is 5.32 Å². The topological polar surface area (TPSA) is 29.1 Å². The summed E-state index contributed by atoms with van der Waals surface area (Å²) in [7, 11) is 0. The largest absolute Gasteiger partial charge is 0.356 e. The predicted molar refractivity (Wildman–Crippen MR) is 121 cm³/mol. The molecule has 0 rings (SSSR count). The number of hydrogen-bond donors (Lipinski definition) is 1. The third-order valence-corrected chi connectivity index (χ3v) is 5.54. The molecule has 1 N–H and O–H groups in total. The summed E-state index contributed by atoms with van der Waals surface area (Å²) in [6.07, 6.45) is 24.8. The Labute approximate surface area is 171 Å². The minimum absolute atomic E-state index is 0.263. The first-order valence-corrected chi connectivity index (χ1v) is 12.4. The van der Waals surface area contributed by atoms with Gasteiger partial charge in [0.25, 0.3) is 0 Å². The minimum Gasteiger partial charge on any atom is -0.356 e. The first kappa shape index (κ1) is 26.5. The number of unbranched alkanes of at least 4 members (excludes halogenated alkanes) is 15. The van der Waals surface area contributed by atoms with Gasteiger partial charge in [0.1, 0.15) is 0 Å². The first-order chi connectivity index (χ1) is 13.2. The second kappa shape index (κ2) is 21.8. The summed E-state index contributed by atoms with van der Waals surface area (Å²) in [6.45, 7) is 7.76. The fourth-order valence-corrected chi connectivity index (χ4v) is 3.65. The molecule has 0 aromatic rings. The lowest BCUT2D eigenvalue weighted by Crippen LogP contribution is -2.23. The van der Waals surface area contributed by atoms with Crippen LogP contribution in [0.25, 0.3) is 0 Å². The van der Waals surface area contributed by atoms with Crippen molar-refractivity contribution in [2.24, 2.45) is 5.92 Å². The summed E-state index contributed by atoms with van der Waals surface area (Å²) in [4.78, 5) is 11.8. The van der Waals surface area contributed by atoms with Gasteiger partial charge in [-0.3, -0.25) is 4.79 Å². The Hall–Kier alpha value is -0.530. The van der Waals surface area contributed by atoms with Crippen molar-refractivity contribution in [2.45, 2.75) is 143 Å². The molecular formula is C25H51NO. The fraction of sp³-hybridized carbons (Fsp3) is 0.960. The second-order valence-electron chi connectivity index (χ2n) is 8.94. The lowest BCUT2D eigenvalue weighted by Gasteiger charge is -2.06. The van der Waals surface area contributed by atoms with Crippen molar-refractivity contribution in [1.29, 1.82) is 0 Å². The molecule has 0 aliphatic rings. The van der Waals surface area contributed by atoms with Gasteiger partial charge in [-0.15, -0.1) is 0 Å². The van der Waals surface area contributed by atoms with Gasteiger partial charge in [-0.25, -0.2) is 0 Å². The Balaban J connectivity index is 3.12. The zero-order chi connectivity index (χ0) is 20.0. The van der Waals surface area contributed by atoms with Crippen LogP contribution in [0.3, 0.4) is 0 Å². The lowest BCUT2D eigenvalue weighted by atomic mass is 10.0. The van der Waals surface area contributed by atoms with Crippen LogP contribution >= 0.6 is 0 Å². The van der Waals surface area contributed by atoms with Gasteiger partial charge in [0, 0.05) is 13.0 Å². The van der Waals surface area contributed by atoms with E-state index in [0.717, 1.165) is 31.7 Å². The van der Waals surface area contributed by atoms with E-state index in [0.29, 0.717) is 0 Å². The fourth-order valence-electron chi connectivity index (χ4n) is 3.65. The van der Waals surface area contributed by atoms with E-state index in [2.05, 4.69) is 26.1 Å². The van der Waals surface area contributed by atoms with Crippen LogP contribution in [0.15, 0.2) is 0 Å². The van der Waals surface area contributed by atoms with Crippen LogP contribution in [0.2, 0.25) is 0 Å². The van der Waals surface area contributed by atoms with Crippen LogP contribution in [0.5, 0.6) is 0 Å². The molecule has 0 unspecified atom stereocenters. The lowest BCUT2D eigenvalue weighted by molar-refractivity contribution is -0.121. The number of nitrogens with one attached hydrogen (secondary N) is 1. The summed E-state index contributed by atoms with van der Waals surface area (Å²) >= 11 is 0. The van der Waals surface area contributed by atoms with Crippen molar-refractivity contribution in [3.63, 3.8) is 0 Å². The van der Waals surface area contributed by atoms with Crippen molar-refractivity contribution in [3.8, 4) is 0 Å². The van der Waals surface area contributed by atoms with Gasteiger partial charge >= 0.3 is 0 Å². The molecule has 2 heteroatoms. The van der Waals surface area contributed by atoms with Crippen molar-refractivity contribution >= 4 is 5.91 Å². The van der Waals surface area contributed by atoms with Gasteiger partial charge in [0.2, 0.25) is 5.91 Å². The van der Waals surface area contributed by atoms with E-state index in [1.54, 1.807) is 0 Å². The monoisotopic (exact) mass is 381 g/mol. The molecule has 162 valence electrons. The minimum atomic E-state index is 0.263. The molecule has 0 heterocycles. The maximum absolute atomic E-state index is 11.8. The maximum atomic E-state index is 11.8. The number of amides is 1. The molecule has 0 radical (unpaired) electrons. The third kappa shape index (κ3) is 23.4. The van der Waals surface area contributed by atoms with E-state index < -0.39 is 0 Å². The Morgan fingerprint density at radius 3 is 1.59 bits per heavy atom. The summed E-state index contributed by atoms with van der Waals surface area (Å²) < 4.78 is 0. The molecule has 1 amide bonds. The van der Waals surface area contributed by atoms with E-state index in [1.165, 1.54) is 103 Å². The number of carbonyl (C=O) groups is 1. The molecule has 0 aliphatic heterocycles. The molecule has 0 aliphatic carbocycles. The molecule has 0 atom stereocenters. The van der Waals surface area contributed by atoms with E-state index in [9.17, 15) is 4.79 Å². The van der Waals surface area contributed by atoms with Crippen molar-refractivity contribution in [3.05, 3.63) is 0 Å². The van der Waals surface area contributed by atoms with E-state index in [1.807, 2.05) is 0 Å². The Kier molecular flexibility index (Phi) is 21.3. The van der Waals surface area contributed by atoms with Gasteiger partial charge in [-0.05, 0) is 18.8 Å². The van der Waals surface area contributed by atoms with E-state index >= 15 is 0 Å². The molecule has 27 heavy (non-hydrogen) atoms. The number of carbonyl (C=O) groups excluding carboxylic acids is 1. The molecule has 0 bridgehead atoms. The van der Waals surface area contributed by atoms with Gasteiger partial charge in [0.15, 0.2) is 0 Å². The SMILES string of the molecule is CCCCCCCNC(=O)CCCCCCCCCCCCCCC(C)C. The highest BCUT2D eigenvalue weighted by molar-refractivity contribution is 5.75. The normalized spacial score (nSPS) is 11.3. The van der Waals surface area contributed by atoms with Gasteiger partial charge in [-0.1, -0.05) is 124 Å². The number of hydrogen-bond acceptors (Lipinski definition) is 1. The average molecular weight is 382 g/mol. The maximum Gasteiger partial charge on any atom is 0.219 e. The molecule has 2 nitrogen and oxygen atoms in total. The molecule has 0 fully saturated rings. The standard InChI is InChI=1S/C25H51NO/c1-4-5-6-17-20-23-26-25(27)22-19-16-14-12-10-8-7-9-11-13-15-18-21-24(2)3/h24H,4-23H2,1-3H3,(H,26,27). The molecule has 0 saturated heterocycles. The van der Waals surface area contributed by atoms with Crippen LogP contribution in [0.4, 0.5) is 0 Å². The smallest absolute Gasteiger partial charge is 0.219 e. The van der Waals surface area contributed by atoms with Crippen molar-refractivity contribution in [1.82, 2.24) is 5.32 Å². The zero-order valence-corrected chi connectivity index (χ0v) is 19.1. The van der Waals surface area contributed by atoms with E-state index in [-0.39, 0.29) is 5.91 Å². The highest BCUT2D eigenvalue weighted by Crippen LogP contribution is 2.14. The van der Waals surface area contributed by atoms with Gasteiger partial charge in [-0.2, -0.15) is 0 Å². The van der Waals surface area contributed by atoms with Crippen molar-refractivity contribution < 1.29 is 4.79 Å². The Bertz CT molecular complexity index is 301. The van der Waals surface area contributed by atoms with Gasteiger partial charge in [0.05, 0.1) is 0 Å². The Morgan fingerprint density at radius 1 is 0.630 bits per heavy atom. The Morgan fingerprint density at radius 2 is 1.07 bits per heavy atom. The average Bonchev–Trinajstić information content (AvgIpc) is 2.64. The van der Waals surface area contributed by atoms with E-state index in [4.69, 9.17) is 0 Å². The summed E-state index contributed by atoms with van der Waals surface area (Å²) in [6, 6.07) is 0. The van der Waals surface area contributed by atoms with Crippen LogP contribution in [-0.2, 0) is 4.79 Å². The third-order valence-electron chi connectivity index (χ3n) is 5.54. The van der Waals surface area contributed by atoms with Crippen LogP contribution in [0, 0.1) is 5.92 Å². The molecule has 0 saturated carbocycles. The molecule has 0 aromatic carbocycles. The quantitative estimate of drug-likeness (QED) is 0.199. The summed E-state index contributed by atoms with van der Waals surface area (Å²) in [5.41, 5.74) is 0. The highest BCUT2D eigenvalue weighted by atomic mass is 16.1. The van der Waals surface area contributed by atoms with Crippen LogP contribution in [0.1, 0.15) is 143 Å². The summed E-state index contributed by atoms with van der Waals surface area (Å²) in [5, 5.41) is 3.07. The molecule has 0 aromatic heterocycles. The highest BCUT2D eigenvalue weighted by Gasteiger charge is 2.00. The van der Waals surface area contributed by atoms with Crippen LogP contribution in [-0.4, -0.2) is 12.5 Å². The summed E-state index contributed by atoms with van der Waals surface area (Å²) in [5.74, 6) is 1.14.